The molecule has 6 heteroatoms. The Kier molecular flexibility index (Phi) is 5.64. The highest BCUT2D eigenvalue weighted by Crippen LogP contribution is 2.30. The van der Waals surface area contributed by atoms with E-state index in [-0.39, 0.29) is 19.1 Å². The first-order valence-corrected chi connectivity index (χ1v) is 5.71. The topological polar surface area (TPSA) is 91.6 Å². The maximum Gasteiger partial charge on any atom is 0.258 e. The number of hydrogen-bond donors (Lipinski definition) is 2. The van der Waals surface area contributed by atoms with Gasteiger partial charge >= 0.3 is 0 Å². The van der Waals surface area contributed by atoms with Gasteiger partial charge < -0.3 is 19.9 Å². The molecule has 1 aromatic rings. The highest BCUT2D eigenvalue weighted by molar-refractivity contribution is 5.77. The first kappa shape index (κ1) is 14.8. The van der Waals surface area contributed by atoms with Crippen molar-refractivity contribution in [2.75, 3.05) is 20.3 Å². The lowest BCUT2D eigenvalue weighted by molar-refractivity contribution is -0.122. The van der Waals surface area contributed by atoms with Gasteiger partial charge in [0, 0.05) is 0 Å². The zero-order valence-corrected chi connectivity index (χ0v) is 10.8. The lowest BCUT2D eigenvalue weighted by Crippen LogP contribution is -2.29. The summed E-state index contributed by atoms with van der Waals surface area (Å²) in [6, 6.07) is 6.76. The molecular formula is C13H16N2O4. The second kappa shape index (κ2) is 7.24. The van der Waals surface area contributed by atoms with Gasteiger partial charge in [0.25, 0.3) is 5.91 Å². The summed E-state index contributed by atoms with van der Waals surface area (Å²) in [5.41, 5.74) is 0.693. The largest absolute Gasteiger partial charge is 0.493 e. The summed E-state index contributed by atoms with van der Waals surface area (Å²) >= 11 is 0. The number of benzene rings is 1. The minimum atomic E-state index is -0.609. The van der Waals surface area contributed by atoms with Crippen molar-refractivity contribution in [3.63, 3.8) is 0 Å². The molecule has 1 rings (SSSR count). The summed E-state index contributed by atoms with van der Waals surface area (Å²) in [5.74, 6) is 0.452. The van der Waals surface area contributed by atoms with Gasteiger partial charge in [-0.25, -0.2) is 0 Å². The van der Waals surface area contributed by atoms with Crippen LogP contribution in [0.3, 0.4) is 0 Å². The molecule has 0 unspecified atom stereocenters. The monoisotopic (exact) mass is 264 g/mol. The van der Waals surface area contributed by atoms with Crippen molar-refractivity contribution in [2.45, 2.75) is 13.0 Å². The number of aliphatic hydroxyl groups is 1. The summed E-state index contributed by atoms with van der Waals surface area (Å²) in [6.07, 6.45) is -0.609. The van der Waals surface area contributed by atoms with Crippen LogP contribution in [0.25, 0.3) is 0 Å². The van der Waals surface area contributed by atoms with Crippen molar-refractivity contribution in [2.24, 2.45) is 0 Å². The second-order valence-corrected chi connectivity index (χ2v) is 3.81. The molecule has 2 N–H and O–H groups in total. The number of ether oxygens (including phenoxy) is 2. The number of carbonyl (C=O) groups is 1. The van der Waals surface area contributed by atoms with Crippen LogP contribution in [0.2, 0.25) is 0 Å². The highest BCUT2D eigenvalue weighted by Gasteiger charge is 2.10. The van der Waals surface area contributed by atoms with Crippen LogP contribution in [-0.4, -0.2) is 31.3 Å². The Morgan fingerprint density at radius 1 is 1.53 bits per heavy atom. The zero-order chi connectivity index (χ0) is 14.3. The summed E-state index contributed by atoms with van der Waals surface area (Å²) in [6.45, 7) is 1.39. The van der Waals surface area contributed by atoms with Gasteiger partial charge in [0.15, 0.2) is 18.1 Å². The molecule has 1 aromatic carbocycles. The fourth-order valence-electron chi connectivity index (χ4n) is 1.40. The molecule has 0 radical (unpaired) electrons. The number of nitrogens with one attached hydrogen (secondary N) is 1. The molecule has 19 heavy (non-hydrogen) atoms. The van der Waals surface area contributed by atoms with Gasteiger partial charge in [-0.1, -0.05) is 6.07 Å². The van der Waals surface area contributed by atoms with E-state index >= 15 is 0 Å². The maximum absolute atomic E-state index is 11.3. The Morgan fingerprint density at radius 2 is 2.26 bits per heavy atom. The van der Waals surface area contributed by atoms with Gasteiger partial charge in [0.2, 0.25) is 0 Å². The molecule has 0 spiro atoms. The average molecular weight is 264 g/mol. The molecule has 0 heterocycles. The molecule has 0 saturated carbocycles. The Hall–Kier alpha value is -2.26. The summed E-state index contributed by atoms with van der Waals surface area (Å²) in [4.78, 5) is 11.3. The molecule has 1 amide bonds. The van der Waals surface area contributed by atoms with Gasteiger partial charge in [-0.3, -0.25) is 4.79 Å². The molecule has 6 nitrogen and oxygen atoms in total. The summed E-state index contributed by atoms with van der Waals surface area (Å²) < 4.78 is 10.4. The van der Waals surface area contributed by atoms with E-state index in [1.54, 1.807) is 31.2 Å². The van der Waals surface area contributed by atoms with E-state index in [1.165, 1.54) is 7.11 Å². The summed E-state index contributed by atoms with van der Waals surface area (Å²) in [5, 5.41) is 20.1. The minimum Gasteiger partial charge on any atom is -0.493 e. The molecule has 1 atom stereocenters. The summed E-state index contributed by atoms with van der Waals surface area (Å²) in [7, 11) is 1.48. The molecule has 0 aliphatic rings. The third-order valence-corrected chi connectivity index (χ3v) is 2.39. The van der Waals surface area contributed by atoms with Crippen LogP contribution in [-0.2, 0) is 4.79 Å². The number of aliphatic hydroxyl groups excluding tert-OH is 1. The number of rotatable bonds is 6. The van der Waals surface area contributed by atoms with Crippen LogP contribution >= 0.6 is 0 Å². The number of amides is 1. The van der Waals surface area contributed by atoms with Crippen LogP contribution in [0.15, 0.2) is 18.2 Å². The Bertz CT molecular complexity index is 480. The zero-order valence-electron chi connectivity index (χ0n) is 10.8. The van der Waals surface area contributed by atoms with Gasteiger partial charge in [-0.05, 0) is 24.6 Å². The number of nitriles is 1. The van der Waals surface area contributed by atoms with Crippen molar-refractivity contribution < 1.29 is 19.4 Å². The number of methoxy groups -OCH3 is 1. The van der Waals surface area contributed by atoms with Crippen molar-refractivity contribution in [3.05, 3.63) is 23.8 Å². The van der Waals surface area contributed by atoms with Crippen LogP contribution < -0.4 is 14.8 Å². The molecule has 0 aliphatic carbocycles. The van der Waals surface area contributed by atoms with Gasteiger partial charge in [-0.2, -0.15) is 5.26 Å². The van der Waals surface area contributed by atoms with Crippen LogP contribution in [0.1, 0.15) is 18.6 Å². The van der Waals surface area contributed by atoms with Crippen LogP contribution in [0.4, 0.5) is 0 Å². The smallest absolute Gasteiger partial charge is 0.258 e. The highest BCUT2D eigenvalue weighted by atomic mass is 16.5. The third-order valence-electron chi connectivity index (χ3n) is 2.39. The maximum atomic E-state index is 11.3. The van der Waals surface area contributed by atoms with Gasteiger partial charge in [0.05, 0.1) is 19.3 Å². The van der Waals surface area contributed by atoms with Crippen molar-refractivity contribution in [1.29, 1.82) is 5.26 Å². The number of nitrogens with zero attached hydrogens (tertiary/aromatic N) is 1. The molecule has 0 bridgehead atoms. The average Bonchev–Trinajstić information content (AvgIpc) is 2.42. The normalized spacial score (nSPS) is 11.3. The first-order chi connectivity index (χ1) is 9.08. The van der Waals surface area contributed by atoms with Crippen molar-refractivity contribution in [3.8, 4) is 17.6 Å². The van der Waals surface area contributed by atoms with Gasteiger partial charge in [0.1, 0.15) is 6.54 Å². The second-order valence-electron chi connectivity index (χ2n) is 3.81. The van der Waals surface area contributed by atoms with E-state index in [1.807, 2.05) is 0 Å². The molecule has 0 aromatic heterocycles. The van der Waals surface area contributed by atoms with Crippen molar-refractivity contribution >= 4 is 5.91 Å². The van der Waals surface area contributed by atoms with Gasteiger partial charge in [-0.15, -0.1) is 0 Å². The lowest BCUT2D eigenvalue weighted by atomic mass is 10.1. The lowest BCUT2D eigenvalue weighted by Gasteiger charge is -2.12. The third kappa shape index (κ3) is 4.48. The molecule has 0 saturated heterocycles. The molecule has 0 fully saturated rings. The van der Waals surface area contributed by atoms with Crippen LogP contribution in [0.5, 0.6) is 11.5 Å². The molecule has 0 aliphatic heterocycles. The van der Waals surface area contributed by atoms with E-state index in [9.17, 15) is 9.90 Å². The SMILES string of the molecule is COc1cc([C@@H](C)O)ccc1OCC(=O)NCC#N. The van der Waals surface area contributed by atoms with E-state index in [2.05, 4.69) is 5.32 Å². The quantitative estimate of drug-likeness (QED) is 0.740. The van der Waals surface area contributed by atoms with E-state index in [0.717, 1.165) is 0 Å². The minimum absolute atomic E-state index is 0.0553. The number of carbonyl (C=O) groups excluding carboxylic acids is 1. The standard InChI is InChI=1S/C13H16N2O4/c1-9(16)10-3-4-11(12(7-10)18-2)19-8-13(17)15-6-5-14/h3-4,7,9,16H,6,8H2,1-2H3,(H,15,17)/t9-/m1/s1. The number of hydrogen-bond acceptors (Lipinski definition) is 5. The van der Waals surface area contributed by atoms with Crippen molar-refractivity contribution in [1.82, 2.24) is 5.32 Å². The van der Waals surface area contributed by atoms with E-state index in [4.69, 9.17) is 14.7 Å². The fourth-order valence-corrected chi connectivity index (χ4v) is 1.40. The van der Waals surface area contributed by atoms with Crippen LogP contribution in [0, 0.1) is 11.3 Å². The Labute approximate surface area is 111 Å². The van der Waals surface area contributed by atoms with E-state index < -0.39 is 6.10 Å². The first-order valence-electron chi connectivity index (χ1n) is 5.71. The predicted octanol–water partition coefficient (Wildman–Crippen LogP) is 0.767. The predicted molar refractivity (Wildman–Crippen MR) is 67.7 cm³/mol. The Morgan fingerprint density at radius 3 is 2.84 bits per heavy atom. The molecule has 102 valence electrons. The van der Waals surface area contributed by atoms with E-state index in [0.29, 0.717) is 17.1 Å². The molecular weight excluding hydrogens is 248 g/mol. The fraction of sp³-hybridized carbons (Fsp3) is 0.385. The Balaban J connectivity index is 2.68.